The van der Waals surface area contributed by atoms with Gasteiger partial charge in [-0.15, -0.1) is 6.58 Å². The van der Waals surface area contributed by atoms with Crippen molar-refractivity contribution in [2.75, 3.05) is 14.2 Å². The molecule has 0 fully saturated rings. The summed E-state index contributed by atoms with van der Waals surface area (Å²) in [6.07, 6.45) is 2.46. The average Bonchev–Trinajstić information content (AvgIpc) is 2.65. The number of carbonyl (C=O) groups excluding carboxylic acids is 1. The highest BCUT2D eigenvalue weighted by molar-refractivity contribution is 9.10. The van der Waals surface area contributed by atoms with Gasteiger partial charge in [0.15, 0.2) is 11.5 Å². The van der Waals surface area contributed by atoms with Crippen LogP contribution in [0.4, 0.5) is 4.79 Å². The predicted molar refractivity (Wildman–Crippen MR) is 107 cm³/mol. The van der Waals surface area contributed by atoms with Crippen molar-refractivity contribution in [3.05, 3.63) is 70.2 Å². The van der Waals surface area contributed by atoms with Gasteiger partial charge in [-0.25, -0.2) is 4.79 Å². The molecular weight excluding hydrogens is 396 g/mol. The minimum atomic E-state index is -0.229. The maximum Gasteiger partial charge on any atom is 0.315 e. The van der Waals surface area contributed by atoms with Gasteiger partial charge in [-0.3, -0.25) is 0 Å². The number of benzene rings is 2. The molecule has 0 saturated carbocycles. The largest absolute Gasteiger partial charge is 0.493 e. The zero-order valence-electron chi connectivity index (χ0n) is 15.0. The van der Waals surface area contributed by atoms with Gasteiger partial charge in [-0.2, -0.15) is 0 Å². The lowest BCUT2D eigenvalue weighted by molar-refractivity contribution is 0.240. The van der Waals surface area contributed by atoms with E-state index in [9.17, 15) is 4.79 Å². The predicted octanol–water partition coefficient (Wildman–Crippen LogP) is 4.19. The van der Waals surface area contributed by atoms with Gasteiger partial charge < -0.3 is 20.1 Å². The summed E-state index contributed by atoms with van der Waals surface area (Å²) < 4.78 is 11.8. The van der Waals surface area contributed by atoms with E-state index in [1.54, 1.807) is 20.3 Å². The third kappa shape index (κ3) is 5.52. The molecule has 0 heterocycles. The molecule has 0 saturated heterocycles. The van der Waals surface area contributed by atoms with E-state index in [4.69, 9.17) is 9.47 Å². The van der Waals surface area contributed by atoms with Gasteiger partial charge in [-0.05, 0) is 41.8 Å². The quantitative estimate of drug-likeness (QED) is 0.631. The van der Waals surface area contributed by atoms with Gasteiger partial charge in [0.1, 0.15) is 0 Å². The zero-order chi connectivity index (χ0) is 18.9. The van der Waals surface area contributed by atoms with Crippen molar-refractivity contribution in [1.29, 1.82) is 0 Å². The molecule has 2 aromatic rings. The molecule has 2 amide bonds. The lowest BCUT2D eigenvalue weighted by Crippen LogP contribution is -2.34. The second-order valence-electron chi connectivity index (χ2n) is 5.65. The number of urea groups is 1. The molecule has 5 nitrogen and oxygen atoms in total. The topological polar surface area (TPSA) is 59.6 Å². The summed E-state index contributed by atoms with van der Waals surface area (Å²) in [6, 6.07) is 11.4. The lowest BCUT2D eigenvalue weighted by Gasteiger charge is -2.15. The molecule has 0 aliphatic heterocycles. The van der Waals surface area contributed by atoms with Gasteiger partial charge in [0, 0.05) is 23.1 Å². The number of halogens is 1. The van der Waals surface area contributed by atoms with Crippen molar-refractivity contribution < 1.29 is 14.3 Å². The first-order chi connectivity index (χ1) is 12.6. The number of nitrogens with one attached hydrogen (secondary N) is 2. The Bertz CT molecular complexity index is 760. The molecule has 138 valence electrons. The Hall–Kier alpha value is -2.47. The van der Waals surface area contributed by atoms with Gasteiger partial charge >= 0.3 is 6.03 Å². The van der Waals surface area contributed by atoms with Crippen LogP contribution in [0, 0.1) is 0 Å². The van der Waals surface area contributed by atoms with Crippen molar-refractivity contribution in [2.24, 2.45) is 0 Å². The van der Waals surface area contributed by atoms with Crippen molar-refractivity contribution in [3.63, 3.8) is 0 Å². The van der Waals surface area contributed by atoms with E-state index in [2.05, 4.69) is 33.1 Å². The monoisotopic (exact) mass is 418 g/mol. The summed E-state index contributed by atoms with van der Waals surface area (Å²) in [5, 5.41) is 5.70. The molecule has 0 radical (unpaired) electrons. The number of hydrogen-bond acceptors (Lipinski definition) is 3. The van der Waals surface area contributed by atoms with E-state index in [0.717, 1.165) is 21.2 Å². The number of carbonyl (C=O) groups is 1. The van der Waals surface area contributed by atoms with E-state index < -0.39 is 0 Å². The fraction of sp³-hybridized carbons (Fsp3) is 0.250. The molecule has 6 heteroatoms. The van der Waals surface area contributed by atoms with Gasteiger partial charge in [0.2, 0.25) is 0 Å². The Morgan fingerprint density at radius 2 is 1.73 bits per heavy atom. The van der Waals surface area contributed by atoms with Crippen LogP contribution in [0.25, 0.3) is 0 Å². The fourth-order valence-corrected chi connectivity index (χ4v) is 2.81. The van der Waals surface area contributed by atoms with Gasteiger partial charge in [0.05, 0.1) is 14.2 Å². The molecule has 0 aliphatic rings. The number of rotatable bonds is 8. The number of allylic oxidation sites excluding steroid dienone is 1. The Balaban J connectivity index is 1.97. The maximum absolute atomic E-state index is 12.0. The number of hydrogen-bond donors (Lipinski definition) is 2. The average molecular weight is 419 g/mol. The number of ether oxygens (including phenoxy) is 2. The van der Waals surface area contributed by atoms with Crippen LogP contribution in [0.5, 0.6) is 11.5 Å². The minimum absolute atomic E-state index is 0.229. The molecule has 2 rings (SSSR count). The molecule has 2 N–H and O–H groups in total. The Morgan fingerprint density at radius 3 is 2.31 bits per heavy atom. The molecule has 0 aromatic heterocycles. The molecule has 0 bridgehead atoms. The molecular formula is C20H23BrN2O3. The normalized spacial score (nSPS) is 10.1. The minimum Gasteiger partial charge on any atom is -0.493 e. The van der Waals surface area contributed by atoms with Crippen LogP contribution in [0.1, 0.15) is 16.7 Å². The van der Waals surface area contributed by atoms with E-state index >= 15 is 0 Å². The Morgan fingerprint density at radius 1 is 1.08 bits per heavy atom. The SMILES string of the molecule is C=CCc1cc(CNC(=O)NCc2ccc(Br)cc2)cc(OC)c1OC. The molecule has 0 unspecified atom stereocenters. The summed E-state index contributed by atoms with van der Waals surface area (Å²) in [7, 11) is 3.20. The summed E-state index contributed by atoms with van der Waals surface area (Å²) in [4.78, 5) is 12.0. The number of methoxy groups -OCH3 is 2. The Labute approximate surface area is 162 Å². The maximum atomic E-state index is 12.0. The third-order valence-corrected chi connectivity index (χ3v) is 4.33. The first-order valence-electron chi connectivity index (χ1n) is 8.18. The van der Waals surface area contributed by atoms with E-state index in [1.807, 2.05) is 36.4 Å². The van der Waals surface area contributed by atoms with Gasteiger partial charge in [0.25, 0.3) is 0 Å². The van der Waals surface area contributed by atoms with Crippen LogP contribution in [0.2, 0.25) is 0 Å². The summed E-state index contributed by atoms with van der Waals surface area (Å²) in [5.74, 6) is 1.33. The second-order valence-corrected chi connectivity index (χ2v) is 6.56. The van der Waals surface area contributed by atoms with Crippen LogP contribution in [0.3, 0.4) is 0 Å². The van der Waals surface area contributed by atoms with Crippen molar-refractivity contribution in [3.8, 4) is 11.5 Å². The Kier molecular flexibility index (Phi) is 7.53. The number of amides is 2. The van der Waals surface area contributed by atoms with Crippen LogP contribution in [-0.4, -0.2) is 20.3 Å². The summed E-state index contributed by atoms with van der Waals surface area (Å²) in [6.45, 7) is 4.62. The van der Waals surface area contributed by atoms with Crippen molar-refractivity contribution >= 4 is 22.0 Å². The van der Waals surface area contributed by atoms with Crippen LogP contribution in [-0.2, 0) is 19.5 Å². The van der Waals surface area contributed by atoms with Crippen LogP contribution in [0.15, 0.2) is 53.5 Å². The molecule has 2 aromatic carbocycles. The standard InChI is InChI=1S/C20H23BrN2O3/c1-4-5-16-10-15(11-18(25-2)19(16)26-3)13-23-20(24)22-12-14-6-8-17(21)9-7-14/h4,6-11H,1,5,12-13H2,2-3H3,(H2,22,23,24). The van der Waals surface area contributed by atoms with Crippen molar-refractivity contribution in [1.82, 2.24) is 10.6 Å². The smallest absolute Gasteiger partial charge is 0.315 e. The van der Waals surface area contributed by atoms with Gasteiger partial charge in [-0.1, -0.05) is 34.1 Å². The molecule has 26 heavy (non-hydrogen) atoms. The summed E-state index contributed by atoms with van der Waals surface area (Å²) in [5.41, 5.74) is 2.93. The molecule has 0 atom stereocenters. The van der Waals surface area contributed by atoms with Crippen LogP contribution < -0.4 is 20.1 Å². The highest BCUT2D eigenvalue weighted by atomic mass is 79.9. The first kappa shape index (κ1) is 19.8. The lowest BCUT2D eigenvalue weighted by atomic mass is 10.1. The molecule has 0 aliphatic carbocycles. The fourth-order valence-electron chi connectivity index (χ4n) is 2.55. The second kappa shape index (κ2) is 9.87. The highest BCUT2D eigenvalue weighted by Gasteiger charge is 2.12. The van der Waals surface area contributed by atoms with Crippen LogP contribution >= 0.6 is 15.9 Å². The van der Waals surface area contributed by atoms with E-state index in [0.29, 0.717) is 31.0 Å². The van der Waals surface area contributed by atoms with E-state index in [1.165, 1.54) is 0 Å². The zero-order valence-corrected chi connectivity index (χ0v) is 16.6. The summed E-state index contributed by atoms with van der Waals surface area (Å²) >= 11 is 3.39. The van der Waals surface area contributed by atoms with Crippen molar-refractivity contribution in [2.45, 2.75) is 19.5 Å². The molecule has 0 spiro atoms. The third-order valence-electron chi connectivity index (χ3n) is 3.80. The first-order valence-corrected chi connectivity index (χ1v) is 8.97. The van der Waals surface area contributed by atoms with E-state index in [-0.39, 0.29) is 6.03 Å². The highest BCUT2D eigenvalue weighted by Crippen LogP contribution is 2.33.